The number of rotatable bonds is 5. The van der Waals surface area contributed by atoms with Crippen molar-refractivity contribution in [2.75, 3.05) is 10.2 Å². The number of anilines is 2. The van der Waals surface area contributed by atoms with E-state index < -0.39 is 0 Å². The molecule has 0 aromatic heterocycles. The summed E-state index contributed by atoms with van der Waals surface area (Å²) < 4.78 is 5.83. The molecule has 1 saturated carbocycles. The quantitative estimate of drug-likeness (QED) is 0.408. The summed E-state index contributed by atoms with van der Waals surface area (Å²) >= 11 is 0. The van der Waals surface area contributed by atoms with Gasteiger partial charge in [0.05, 0.1) is 17.5 Å². The van der Waals surface area contributed by atoms with Crippen molar-refractivity contribution in [3.63, 3.8) is 0 Å². The maximum atomic E-state index is 13.0. The van der Waals surface area contributed by atoms with Crippen LogP contribution in [-0.4, -0.2) is 17.7 Å². The second-order valence-corrected chi connectivity index (χ2v) is 9.45. The lowest BCUT2D eigenvalue weighted by atomic mass is 9.85. The zero-order valence-electron chi connectivity index (χ0n) is 19.2. The van der Waals surface area contributed by atoms with E-state index in [9.17, 15) is 14.4 Å². The summed E-state index contributed by atoms with van der Waals surface area (Å²) in [6, 6.07) is 21.5. The van der Waals surface area contributed by atoms with Crippen molar-refractivity contribution in [3.05, 3.63) is 96.1 Å². The Hall–Kier alpha value is -4.19. The molecule has 6 rings (SSSR count). The molecule has 2 fully saturated rings. The Kier molecular flexibility index (Phi) is 5.02. The Bertz CT molecular complexity index is 1310. The van der Waals surface area contributed by atoms with Crippen LogP contribution in [0.2, 0.25) is 0 Å². The minimum Gasteiger partial charge on any atom is -0.457 e. The van der Waals surface area contributed by atoms with Crippen LogP contribution in [-0.2, 0) is 9.59 Å². The van der Waals surface area contributed by atoms with Crippen molar-refractivity contribution >= 4 is 29.1 Å². The van der Waals surface area contributed by atoms with Gasteiger partial charge in [0.1, 0.15) is 11.5 Å². The van der Waals surface area contributed by atoms with Crippen LogP contribution in [0.3, 0.4) is 0 Å². The van der Waals surface area contributed by atoms with E-state index in [1.54, 1.807) is 48.5 Å². The molecule has 2 bridgehead atoms. The van der Waals surface area contributed by atoms with Crippen molar-refractivity contribution in [1.82, 2.24) is 0 Å². The monoisotopic (exact) mass is 464 g/mol. The van der Waals surface area contributed by atoms with E-state index in [1.807, 2.05) is 31.2 Å². The van der Waals surface area contributed by atoms with Gasteiger partial charge in [0.25, 0.3) is 5.91 Å². The average molecular weight is 465 g/mol. The number of hydrogen-bond acceptors (Lipinski definition) is 4. The molecule has 1 saturated heterocycles. The first-order valence-corrected chi connectivity index (χ1v) is 11.8. The lowest BCUT2D eigenvalue weighted by Crippen LogP contribution is -2.32. The molecular weight excluding hydrogens is 440 g/mol. The molecule has 3 amide bonds. The SMILES string of the molecule is Cc1ccc(Oc2ccc(NC(=O)c3ccc(N4C(=O)[C@H]5[C@H](C4=O)[C@H]4C=C[C@H]5C4)cc3)cc2)cc1. The van der Waals surface area contributed by atoms with E-state index in [4.69, 9.17) is 4.74 Å². The van der Waals surface area contributed by atoms with E-state index >= 15 is 0 Å². The van der Waals surface area contributed by atoms with E-state index in [1.165, 1.54) is 4.90 Å². The highest BCUT2D eigenvalue weighted by atomic mass is 16.5. The van der Waals surface area contributed by atoms with Crippen LogP contribution in [0.25, 0.3) is 0 Å². The van der Waals surface area contributed by atoms with Crippen molar-refractivity contribution in [1.29, 1.82) is 0 Å². The first-order valence-electron chi connectivity index (χ1n) is 11.8. The Morgan fingerprint density at radius 2 is 1.34 bits per heavy atom. The van der Waals surface area contributed by atoms with Gasteiger partial charge in [-0.1, -0.05) is 29.8 Å². The number of amides is 3. The second kappa shape index (κ2) is 8.24. The van der Waals surface area contributed by atoms with Gasteiger partial charge in [0.2, 0.25) is 11.8 Å². The number of carbonyl (C=O) groups excluding carboxylic acids is 3. The molecule has 0 radical (unpaired) electrons. The highest BCUT2D eigenvalue weighted by Crippen LogP contribution is 2.53. The first-order chi connectivity index (χ1) is 17.0. The molecule has 3 aromatic carbocycles. The molecule has 0 unspecified atom stereocenters. The maximum absolute atomic E-state index is 13.0. The topological polar surface area (TPSA) is 75.7 Å². The lowest BCUT2D eigenvalue weighted by molar-refractivity contribution is -0.123. The van der Waals surface area contributed by atoms with Gasteiger partial charge in [-0.25, -0.2) is 0 Å². The third kappa shape index (κ3) is 3.71. The number of hydrogen-bond donors (Lipinski definition) is 1. The molecule has 1 heterocycles. The number of nitrogens with zero attached hydrogens (tertiary/aromatic N) is 1. The largest absolute Gasteiger partial charge is 0.457 e. The van der Waals surface area contributed by atoms with Crippen molar-refractivity contribution in [3.8, 4) is 11.5 Å². The number of carbonyl (C=O) groups is 3. The summed E-state index contributed by atoms with van der Waals surface area (Å²) in [6.07, 6.45) is 5.06. The van der Waals surface area contributed by atoms with Gasteiger partial charge >= 0.3 is 0 Å². The average Bonchev–Trinajstić information content (AvgIpc) is 3.55. The maximum Gasteiger partial charge on any atom is 0.255 e. The fourth-order valence-electron chi connectivity index (χ4n) is 5.47. The zero-order valence-corrected chi connectivity index (χ0v) is 19.2. The molecule has 3 aromatic rings. The molecule has 2 aliphatic carbocycles. The Balaban J connectivity index is 1.11. The minimum absolute atomic E-state index is 0.123. The van der Waals surface area contributed by atoms with Crippen LogP contribution in [0.4, 0.5) is 11.4 Å². The van der Waals surface area contributed by atoms with Gasteiger partial charge < -0.3 is 10.1 Å². The van der Waals surface area contributed by atoms with Crippen LogP contribution in [0.1, 0.15) is 22.3 Å². The number of fused-ring (bicyclic) bond motifs is 5. The van der Waals surface area contributed by atoms with Crippen LogP contribution in [0, 0.1) is 30.6 Å². The molecule has 1 aliphatic heterocycles. The fraction of sp³-hybridized carbons (Fsp3) is 0.207. The minimum atomic E-state index is -0.276. The number of benzene rings is 3. The third-order valence-electron chi connectivity index (χ3n) is 7.23. The molecule has 3 aliphatic rings. The second-order valence-electron chi connectivity index (χ2n) is 9.45. The van der Waals surface area contributed by atoms with E-state index in [-0.39, 0.29) is 41.4 Å². The predicted molar refractivity (Wildman–Crippen MR) is 132 cm³/mol. The summed E-state index contributed by atoms with van der Waals surface area (Å²) in [4.78, 5) is 40.0. The van der Waals surface area contributed by atoms with Gasteiger partial charge in [-0.05, 0) is 85.8 Å². The highest BCUT2D eigenvalue weighted by Gasteiger charge is 2.59. The molecule has 0 spiro atoms. The summed E-state index contributed by atoms with van der Waals surface area (Å²) in [6.45, 7) is 2.02. The molecule has 4 atom stereocenters. The van der Waals surface area contributed by atoms with Crippen molar-refractivity contribution in [2.45, 2.75) is 13.3 Å². The van der Waals surface area contributed by atoms with E-state index in [0.29, 0.717) is 22.7 Å². The zero-order chi connectivity index (χ0) is 24.1. The standard InChI is InChI=1S/C29H24N2O4/c1-17-2-12-23(13-3-17)35-24-14-8-21(9-15-24)30-27(32)18-6-10-22(11-7-18)31-28(33)25-19-4-5-20(16-19)26(25)29(31)34/h2-15,19-20,25-26H,16H2,1H3,(H,30,32)/t19-,20-,25+,26+/m0/s1. The number of aryl methyl sites for hydroxylation is 1. The van der Waals surface area contributed by atoms with Crippen molar-refractivity contribution < 1.29 is 19.1 Å². The Morgan fingerprint density at radius 3 is 1.91 bits per heavy atom. The summed E-state index contributed by atoms with van der Waals surface area (Å²) in [5.74, 6) is 0.762. The number of imide groups is 1. The number of allylic oxidation sites excluding steroid dienone is 2. The molecule has 6 heteroatoms. The van der Waals surface area contributed by atoms with Crippen LogP contribution in [0.15, 0.2) is 84.9 Å². The molecule has 1 N–H and O–H groups in total. The number of nitrogens with one attached hydrogen (secondary N) is 1. The smallest absolute Gasteiger partial charge is 0.255 e. The van der Waals surface area contributed by atoms with Gasteiger partial charge in [0.15, 0.2) is 0 Å². The molecule has 6 nitrogen and oxygen atoms in total. The highest BCUT2D eigenvalue weighted by molar-refractivity contribution is 6.23. The Labute approximate surface area is 203 Å². The molecule has 35 heavy (non-hydrogen) atoms. The van der Waals surface area contributed by atoms with Crippen molar-refractivity contribution in [2.24, 2.45) is 23.7 Å². The predicted octanol–water partition coefficient (Wildman–Crippen LogP) is 5.35. The van der Waals surface area contributed by atoms with Gasteiger partial charge in [0, 0.05) is 11.3 Å². The van der Waals surface area contributed by atoms with Crippen LogP contribution >= 0.6 is 0 Å². The lowest BCUT2D eigenvalue weighted by Gasteiger charge is -2.17. The van der Waals surface area contributed by atoms with Gasteiger partial charge in [-0.3, -0.25) is 19.3 Å². The third-order valence-corrected chi connectivity index (χ3v) is 7.23. The Morgan fingerprint density at radius 1 is 0.800 bits per heavy atom. The molecular formula is C29H24N2O4. The summed E-state index contributed by atoms with van der Waals surface area (Å²) in [5.41, 5.74) is 2.75. The number of ether oxygens (including phenoxy) is 1. The first kappa shape index (κ1) is 21.4. The summed E-state index contributed by atoms with van der Waals surface area (Å²) in [7, 11) is 0. The summed E-state index contributed by atoms with van der Waals surface area (Å²) in [5, 5.41) is 2.87. The van der Waals surface area contributed by atoms with E-state index in [0.717, 1.165) is 17.7 Å². The normalized spacial score (nSPS) is 24.1. The molecule has 174 valence electrons. The fourth-order valence-corrected chi connectivity index (χ4v) is 5.47. The van der Waals surface area contributed by atoms with E-state index in [2.05, 4.69) is 17.5 Å². The van der Waals surface area contributed by atoms with Gasteiger partial charge in [-0.15, -0.1) is 0 Å². The van der Waals surface area contributed by atoms with Gasteiger partial charge in [-0.2, -0.15) is 0 Å². The van der Waals surface area contributed by atoms with Crippen LogP contribution in [0.5, 0.6) is 11.5 Å². The van der Waals surface area contributed by atoms with Crippen LogP contribution < -0.4 is 15.0 Å².